The van der Waals surface area contributed by atoms with Crippen LogP contribution in [0.1, 0.15) is 17.3 Å². The number of halogens is 4. The molecule has 0 aliphatic carbocycles. The summed E-state index contributed by atoms with van der Waals surface area (Å²) in [6.45, 7) is 1.39. The molecule has 1 rings (SSSR count). The fourth-order valence-corrected chi connectivity index (χ4v) is 1.66. The van der Waals surface area contributed by atoms with Crippen LogP contribution in [0.25, 0.3) is 0 Å². The van der Waals surface area contributed by atoms with Crippen LogP contribution in [0.5, 0.6) is 5.75 Å². The van der Waals surface area contributed by atoms with E-state index in [1.54, 1.807) is 0 Å². The third kappa shape index (κ3) is 4.72. The lowest BCUT2D eigenvalue weighted by molar-refractivity contribution is -0.274. The van der Waals surface area contributed by atoms with Gasteiger partial charge in [0.2, 0.25) is 5.91 Å². The van der Waals surface area contributed by atoms with Crippen molar-refractivity contribution >= 4 is 27.7 Å². The van der Waals surface area contributed by atoms with E-state index < -0.39 is 30.0 Å². The highest BCUT2D eigenvalue weighted by Crippen LogP contribution is 2.31. The van der Waals surface area contributed by atoms with E-state index in [1.165, 1.54) is 6.92 Å². The summed E-state index contributed by atoms with van der Waals surface area (Å²) in [6, 6.07) is 2.37. The summed E-state index contributed by atoms with van der Waals surface area (Å²) in [4.78, 5) is 22.5. The first-order valence-electron chi connectivity index (χ1n) is 5.25. The van der Waals surface area contributed by atoms with Gasteiger partial charge in [-0.15, -0.1) is 13.2 Å². The third-order valence-electron chi connectivity index (χ3n) is 2.19. The van der Waals surface area contributed by atoms with Gasteiger partial charge in [-0.05, 0) is 41.1 Å². The molecule has 5 nitrogen and oxygen atoms in total. The van der Waals surface area contributed by atoms with Crippen LogP contribution < -0.4 is 15.8 Å². The minimum atomic E-state index is -4.83. The Kier molecular flexibility index (Phi) is 4.98. The van der Waals surface area contributed by atoms with Crippen molar-refractivity contribution in [2.24, 2.45) is 5.73 Å². The molecule has 9 heteroatoms. The van der Waals surface area contributed by atoms with Gasteiger partial charge in [0.05, 0.1) is 4.47 Å². The molecule has 2 amide bonds. The Hall–Kier alpha value is -1.77. The number of nitrogens with two attached hydrogens (primary N) is 1. The smallest absolute Gasteiger partial charge is 0.405 e. The number of carbonyl (C=O) groups excluding carboxylic acids is 2. The normalized spacial score (nSPS) is 12.7. The van der Waals surface area contributed by atoms with Crippen molar-refractivity contribution in [2.75, 3.05) is 0 Å². The number of benzene rings is 1. The lowest BCUT2D eigenvalue weighted by atomic mass is 10.2. The molecule has 110 valence electrons. The van der Waals surface area contributed by atoms with Crippen LogP contribution in [0, 0.1) is 0 Å². The number of hydrogen-bond acceptors (Lipinski definition) is 3. The van der Waals surface area contributed by atoms with Gasteiger partial charge in [-0.3, -0.25) is 9.59 Å². The van der Waals surface area contributed by atoms with Gasteiger partial charge in [-0.2, -0.15) is 0 Å². The Morgan fingerprint density at radius 2 is 2.00 bits per heavy atom. The molecule has 0 saturated heterocycles. The largest absolute Gasteiger partial charge is 0.573 e. The zero-order valence-electron chi connectivity index (χ0n) is 10.1. The van der Waals surface area contributed by atoms with Gasteiger partial charge < -0.3 is 15.8 Å². The van der Waals surface area contributed by atoms with Gasteiger partial charge in [0.25, 0.3) is 5.91 Å². The van der Waals surface area contributed by atoms with Crippen molar-refractivity contribution in [2.45, 2.75) is 19.3 Å². The highest BCUT2D eigenvalue weighted by atomic mass is 79.9. The number of rotatable bonds is 4. The number of amides is 2. The summed E-state index contributed by atoms with van der Waals surface area (Å²) in [6.07, 6.45) is -4.83. The SMILES string of the molecule is C[C@H](NC(=O)c1ccc(OC(F)(F)F)c(Br)c1)C(N)=O. The second-order valence-corrected chi connectivity index (χ2v) is 4.64. The Morgan fingerprint density at radius 1 is 1.40 bits per heavy atom. The van der Waals surface area contributed by atoms with Gasteiger partial charge in [-0.1, -0.05) is 0 Å². The highest BCUT2D eigenvalue weighted by Gasteiger charge is 2.32. The first-order valence-corrected chi connectivity index (χ1v) is 6.05. The topological polar surface area (TPSA) is 81.4 Å². The monoisotopic (exact) mass is 354 g/mol. The first-order chi connectivity index (χ1) is 9.10. The molecular weight excluding hydrogens is 345 g/mol. The maximum Gasteiger partial charge on any atom is 0.573 e. The minimum Gasteiger partial charge on any atom is -0.405 e. The maximum atomic E-state index is 12.1. The molecule has 1 atom stereocenters. The second kappa shape index (κ2) is 6.12. The van der Waals surface area contributed by atoms with E-state index in [-0.39, 0.29) is 10.0 Å². The molecule has 1 aromatic carbocycles. The van der Waals surface area contributed by atoms with Crippen LogP contribution in [0.3, 0.4) is 0 Å². The van der Waals surface area contributed by atoms with Crippen LogP contribution in [0.15, 0.2) is 22.7 Å². The minimum absolute atomic E-state index is 0.0470. The van der Waals surface area contributed by atoms with Crippen LogP contribution in [0.2, 0.25) is 0 Å². The molecule has 0 saturated carbocycles. The van der Waals surface area contributed by atoms with Crippen LogP contribution in [-0.4, -0.2) is 24.2 Å². The van der Waals surface area contributed by atoms with Crippen LogP contribution in [-0.2, 0) is 4.79 Å². The Bertz CT molecular complexity index is 534. The molecule has 0 radical (unpaired) electrons. The predicted molar refractivity (Wildman–Crippen MR) is 66.9 cm³/mol. The average molecular weight is 355 g/mol. The summed E-state index contributed by atoms with van der Waals surface area (Å²) >= 11 is 2.87. The molecular formula is C11H10BrF3N2O3. The predicted octanol–water partition coefficient (Wildman–Crippen LogP) is 1.95. The summed E-state index contributed by atoms with van der Waals surface area (Å²) < 4.78 is 39.9. The van der Waals surface area contributed by atoms with Gasteiger partial charge in [0, 0.05) is 5.56 Å². The molecule has 3 N–H and O–H groups in total. The number of primary amides is 1. The molecule has 0 aromatic heterocycles. The molecule has 0 fully saturated rings. The van der Waals surface area contributed by atoms with Crippen LogP contribution >= 0.6 is 15.9 Å². The summed E-state index contributed by atoms with van der Waals surface area (Å²) in [5.74, 6) is -1.85. The van der Waals surface area contributed by atoms with Crippen LogP contribution in [0.4, 0.5) is 13.2 Å². The first kappa shape index (κ1) is 16.3. The number of carbonyl (C=O) groups is 2. The van der Waals surface area contributed by atoms with Crippen molar-refractivity contribution in [3.63, 3.8) is 0 Å². The van der Waals surface area contributed by atoms with Gasteiger partial charge in [-0.25, -0.2) is 0 Å². The molecule has 0 aliphatic heterocycles. The molecule has 20 heavy (non-hydrogen) atoms. The Morgan fingerprint density at radius 3 is 2.45 bits per heavy atom. The summed E-state index contributed by atoms with van der Waals surface area (Å²) in [7, 11) is 0. The zero-order chi connectivity index (χ0) is 15.5. The van der Waals surface area contributed by atoms with Gasteiger partial charge in [0.1, 0.15) is 11.8 Å². The number of nitrogens with one attached hydrogen (secondary N) is 1. The summed E-state index contributed by atoms with van der Waals surface area (Å²) in [5, 5.41) is 2.29. The molecule has 0 heterocycles. The Labute approximate surface area is 120 Å². The number of ether oxygens (including phenoxy) is 1. The fraction of sp³-hybridized carbons (Fsp3) is 0.273. The van der Waals surface area contributed by atoms with E-state index in [2.05, 4.69) is 26.0 Å². The quantitative estimate of drug-likeness (QED) is 0.866. The molecule has 0 aliphatic rings. The lowest BCUT2D eigenvalue weighted by Gasteiger charge is -2.13. The van der Waals surface area contributed by atoms with Crippen molar-refractivity contribution in [3.8, 4) is 5.75 Å². The zero-order valence-corrected chi connectivity index (χ0v) is 11.7. The third-order valence-corrected chi connectivity index (χ3v) is 2.81. The highest BCUT2D eigenvalue weighted by molar-refractivity contribution is 9.10. The lowest BCUT2D eigenvalue weighted by Crippen LogP contribution is -2.42. The number of alkyl halides is 3. The fourth-order valence-electron chi connectivity index (χ4n) is 1.20. The van der Waals surface area contributed by atoms with E-state index >= 15 is 0 Å². The van der Waals surface area contributed by atoms with E-state index in [0.29, 0.717) is 0 Å². The van der Waals surface area contributed by atoms with Gasteiger partial charge >= 0.3 is 6.36 Å². The average Bonchev–Trinajstić information content (AvgIpc) is 2.29. The van der Waals surface area contributed by atoms with Crippen molar-refractivity contribution in [1.82, 2.24) is 5.32 Å². The van der Waals surface area contributed by atoms with E-state index in [1.807, 2.05) is 0 Å². The Balaban J connectivity index is 2.87. The maximum absolute atomic E-state index is 12.1. The van der Waals surface area contributed by atoms with Crippen molar-refractivity contribution in [1.29, 1.82) is 0 Å². The molecule has 0 unspecified atom stereocenters. The van der Waals surface area contributed by atoms with E-state index in [4.69, 9.17) is 5.73 Å². The standard InChI is InChI=1S/C11H10BrF3N2O3/c1-5(9(16)18)17-10(19)6-2-3-8(7(12)4-6)20-11(13,14)15/h2-5H,1H3,(H2,16,18)(H,17,19)/t5-/m0/s1. The second-order valence-electron chi connectivity index (χ2n) is 3.79. The molecule has 0 bridgehead atoms. The number of hydrogen-bond donors (Lipinski definition) is 2. The summed E-state index contributed by atoms with van der Waals surface area (Å²) in [5.41, 5.74) is 5.03. The van der Waals surface area contributed by atoms with E-state index in [0.717, 1.165) is 18.2 Å². The van der Waals surface area contributed by atoms with Crippen molar-refractivity contribution < 1.29 is 27.5 Å². The van der Waals surface area contributed by atoms with Gasteiger partial charge in [0.15, 0.2) is 0 Å². The molecule has 0 spiro atoms. The molecule has 1 aromatic rings. The van der Waals surface area contributed by atoms with E-state index in [9.17, 15) is 22.8 Å². The van der Waals surface area contributed by atoms with Crippen molar-refractivity contribution in [3.05, 3.63) is 28.2 Å².